The molecule has 1 aliphatic rings. The Morgan fingerprint density at radius 2 is 1.62 bits per heavy atom. The topological polar surface area (TPSA) is 78.4 Å². The van der Waals surface area contributed by atoms with Crippen molar-refractivity contribution in [1.29, 1.82) is 0 Å². The molecule has 1 aliphatic heterocycles. The minimum atomic E-state index is -3.22. The molecule has 34 heavy (non-hydrogen) atoms. The first-order valence-electron chi connectivity index (χ1n) is 11.2. The van der Waals surface area contributed by atoms with E-state index in [2.05, 4.69) is 45.3 Å². The van der Waals surface area contributed by atoms with Crippen LogP contribution in [0.15, 0.2) is 77.8 Å². The lowest BCUT2D eigenvalue weighted by molar-refractivity contribution is 0.313. The van der Waals surface area contributed by atoms with Crippen molar-refractivity contribution in [2.75, 3.05) is 49.7 Å². The highest BCUT2D eigenvalue weighted by Gasteiger charge is 2.14. The number of rotatable bonds is 5. The van der Waals surface area contributed by atoms with Crippen LogP contribution in [0.1, 0.15) is 0 Å². The summed E-state index contributed by atoms with van der Waals surface area (Å²) in [7, 11) is -1.06. The molecule has 1 N–H and O–H groups in total. The Labute approximate surface area is 200 Å². The standard InChI is InChI=1S/C26H27N5O2S/c1-30-12-14-31(15-13-30)23-5-3-4-22(17-23)28-26-27-18-21-7-6-20(16-25(21)29-26)19-8-10-24(11-9-19)34(2,32)33/h3-11,16-18H,12-15H2,1-2H3,(H,27,28,29). The molecule has 0 aliphatic carbocycles. The fraction of sp³-hybridized carbons (Fsp3) is 0.231. The average Bonchev–Trinajstić information content (AvgIpc) is 2.84. The van der Waals surface area contributed by atoms with E-state index in [-0.39, 0.29) is 0 Å². The molecule has 1 aromatic heterocycles. The fourth-order valence-electron chi connectivity index (χ4n) is 4.13. The Morgan fingerprint density at radius 3 is 2.35 bits per heavy atom. The molecule has 1 saturated heterocycles. The van der Waals surface area contributed by atoms with Crippen LogP contribution in [-0.4, -0.2) is 62.8 Å². The van der Waals surface area contributed by atoms with Crippen molar-refractivity contribution in [3.63, 3.8) is 0 Å². The number of anilines is 3. The van der Waals surface area contributed by atoms with E-state index in [0.29, 0.717) is 10.8 Å². The van der Waals surface area contributed by atoms with Crippen molar-refractivity contribution < 1.29 is 8.42 Å². The van der Waals surface area contributed by atoms with E-state index < -0.39 is 9.84 Å². The number of sulfone groups is 1. The number of likely N-dealkylation sites (N-methyl/N-ethyl adjacent to an activating group) is 1. The minimum absolute atomic E-state index is 0.310. The third-order valence-corrected chi connectivity index (χ3v) is 7.30. The first kappa shape index (κ1) is 22.3. The van der Waals surface area contributed by atoms with Crippen LogP contribution >= 0.6 is 0 Å². The zero-order valence-corrected chi connectivity index (χ0v) is 20.1. The summed E-state index contributed by atoms with van der Waals surface area (Å²) < 4.78 is 23.5. The number of aromatic nitrogens is 2. The monoisotopic (exact) mass is 473 g/mol. The molecule has 4 aromatic rings. The summed E-state index contributed by atoms with van der Waals surface area (Å²) >= 11 is 0. The quantitative estimate of drug-likeness (QED) is 0.465. The lowest BCUT2D eigenvalue weighted by Gasteiger charge is -2.34. The van der Waals surface area contributed by atoms with Crippen LogP contribution in [0.3, 0.4) is 0 Å². The van der Waals surface area contributed by atoms with Gasteiger partial charge in [-0.3, -0.25) is 0 Å². The second-order valence-corrected chi connectivity index (χ2v) is 10.7. The van der Waals surface area contributed by atoms with Gasteiger partial charge < -0.3 is 15.1 Å². The Balaban J connectivity index is 1.38. The van der Waals surface area contributed by atoms with Gasteiger partial charge in [-0.2, -0.15) is 0 Å². The number of nitrogens with zero attached hydrogens (tertiary/aromatic N) is 4. The van der Waals surface area contributed by atoms with Crippen LogP contribution in [0.5, 0.6) is 0 Å². The molecule has 3 aromatic carbocycles. The molecule has 5 rings (SSSR count). The molecule has 0 atom stereocenters. The number of piperazine rings is 1. The molecule has 2 heterocycles. The van der Waals surface area contributed by atoms with Gasteiger partial charge in [-0.1, -0.05) is 30.3 Å². The summed E-state index contributed by atoms with van der Waals surface area (Å²) in [6.45, 7) is 4.15. The van der Waals surface area contributed by atoms with Crippen LogP contribution in [-0.2, 0) is 9.84 Å². The number of hydrogen-bond acceptors (Lipinski definition) is 7. The Hall–Kier alpha value is -3.49. The number of benzene rings is 3. The van der Waals surface area contributed by atoms with Gasteiger partial charge in [0, 0.05) is 55.4 Å². The van der Waals surface area contributed by atoms with Crippen molar-refractivity contribution in [1.82, 2.24) is 14.9 Å². The lowest BCUT2D eigenvalue weighted by Crippen LogP contribution is -2.44. The molecule has 174 valence electrons. The molecule has 7 nitrogen and oxygen atoms in total. The van der Waals surface area contributed by atoms with Gasteiger partial charge in [0.25, 0.3) is 0 Å². The second kappa shape index (κ2) is 9.04. The third-order valence-electron chi connectivity index (χ3n) is 6.17. The maximum Gasteiger partial charge on any atom is 0.227 e. The maximum absolute atomic E-state index is 11.7. The van der Waals surface area contributed by atoms with Gasteiger partial charge in [0.2, 0.25) is 5.95 Å². The summed E-state index contributed by atoms with van der Waals surface area (Å²) in [5, 5.41) is 4.28. The molecule has 0 radical (unpaired) electrons. The molecule has 1 fully saturated rings. The molecular formula is C26H27N5O2S. The van der Waals surface area contributed by atoms with Gasteiger partial charge in [0.15, 0.2) is 9.84 Å². The van der Waals surface area contributed by atoms with Gasteiger partial charge in [0.05, 0.1) is 10.4 Å². The maximum atomic E-state index is 11.7. The van der Waals surface area contributed by atoms with Crippen LogP contribution in [0.4, 0.5) is 17.3 Å². The van der Waals surface area contributed by atoms with Crippen LogP contribution in [0.2, 0.25) is 0 Å². The first-order chi connectivity index (χ1) is 16.3. The predicted octanol–water partition coefficient (Wildman–Crippen LogP) is 4.20. The second-order valence-electron chi connectivity index (χ2n) is 8.73. The molecule has 0 unspecified atom stereocenters. The van der Waals surface area contributed by atoms with Gasteiger partial charge >= 0.3 is 0 Å². The highest BCUT2D eigenvalue weighted by atomic mass is 32.2. The van der Waals surface area contributed by atoms with Gasteiger partial charge in [-0.15, -0.1) is 0 Å². The summed E-state index contributed by atoms with van der Waals surface area (Å²) in [6.07, 6.45) is 3.02. The highest BCUT2D eigenvalue weighted by Crippen LogP contribution is 2.27. The van der Waals surface area contributed by atoms with E-state index >= 15 is 0 Å². The molecule has 0 spiro atoms. The third kappa shape index (κ3) is 4.88. The molecule has 0 bridgehead atoms. The predicted molar refractivity (Wildman–Crippen MR) is 138 cm³/mol. The largest absolute Gasteiger partial charge is 0.369 e. The number of hydrogen-bond donors (Lipinski definition) is 1. The molecular weight excluding hydrogens is 446 g/mol. The van der Waals surface area contributed by atoms with Crippen molar-refractivity contribution in [2.45, 2.75) is 4.90 Å². The average molecular weight is 474 g/mol. The van der Waals surface area contributed by atoms with E-state index in [1.807, 2.05) is 42.6 Å². The van der Waals surface area contributed by atoms with Gasteiger partial charge in [-0.05, 0) is 54.6 Å². The minimum Gasteiger partial charge on any atom is -0.369 e. The fourth-order valence-corrected chi connectivity index (χ4v) is 4.76. The van der Waals surface area contributed by atoms with Crippen LogP contribution < -0.4 is 10.2 Å². The SMILES string of the molecule is CN1CCN(c2cccc(Nc3ncc4ccc(-c5ccc(S(C)(=O)=O)cc5)cc4n3)c2)CC1. The highest BCUT2D eigenvalue weighted by molar-refractivity contribution is 7.90. The molecule has 0 saturated carbocycles. The van der Waals surface area contributed by atoms with Crippen molar-refractivity contribution in [3.05, 3.63) is 72.9 Å². The Morgan fingerprint density at radius 1 is 0.882 bits per heavy atom. The normalized spacial score (nSPS) is 14.9. The summed E-state index contributed by atoms with van der Waals surface area (Å²) in [5.41, 5.74) is 4.86. The molecule has 8 heteroatoms. The van der Waals surface area contributed by atoms with E-state index in [4.69, 9.17) is 4.98 Å². The Kier molecular flexibility index (Phi) is 5.93. The van der Waals surface area contributed by atoms with Gasteiger partial charge in [-0.25, -0.2) is 18.4 Å². The smallest absolute Gasteiger partial charge is 0.227 e. The lowest BCUT2D eigenvalue weighted by atomic mass is 10.0. The van der Waals surface area contributed by atoms with Gasteiger partial charge in [0.1, 0.15) is 0 Å². The van der Waals surface area contributed by atoms with E-state index in [1.165, 1.54) is 11.9 Å². The van der Waals surface area contributed by atoms with E-state index in [9.17, 15) is 8.42 Å². The van der Waals surface area contributed by atoms with Crippen LogP contribution in [0.25, 0.3) is 22.0 Å². The van der Waals surface area contributed by atoms with Crippen LogP contribution in [0, 0.1) is 0 Å². The number of fused-ring (bicyclic) bond motifs is 1. The zero-order valence-electron chi connectivity index (χ0n) is 19.3. The Bertz CT molecular complexity index is 1430. The van der Waals surface area contributed by atoms with E-state index in [1.54, 1.807) is 12.1 Å². The summed E-state index contributed by atoms with van der Waals surface area (Å²) in [5.74, 6) is 0.535. The summed E-state index contributed by atoms with van der Waals surface area (Å²) in [6, 6.07) is 21.2. The zero-order chi connectivity index (χ0) is 23.7. The first-order valence-corrected chi connectivity index (χ1v) is 13.1. The van der Waals surface area contributed by atoms with E-state index in [0.717, 1.165) is 53.9 Å². The van der Waals surface area contributed by atoms with Crippen molar-refractivity contribution >= 4 is 38.1 Å². The molecule has 0 amide bonds. The summed E-state index contributed by atoms with van der Waals surface area (Å²) in [4.78, 5) is 14.3. The van der Waals surface area contributed by atoms with Crippen molar-refractivity contribution in [2.24, 2.45) is 0 Å². The van der Waals surface area contributed by atoms with Crippen molar-refractivity contribution in [3.8, 4) is 11.1 Å². The number of nitrogens with one attached hydrogen (secondary N) is 1.